The molecule has 0 spiro atoms. The minimum atomic E-state index is -0.0935. The summed E-state index contributed by atoms with van der Waals surface area (Å²) in [5, 5.41) is 5.59. The zero-order valence-corrected chi connectivity index (χ0v) is 18.1. The van der Waals surface area contributed by atoms with Crippen molar-refractivity contribution in [3.8, 4) is 16.9 Å². The van der Waals surface area contributed by atoms with Crippen molar-refractivity contribution in [2.24, 2.45) is 7.05 Å². The Bertz CT molecular complexity index is 927. The highest BCUT2D eigenvalue weighted by Gasteiger charge is 2.24. The van der Waals surface area contributed by atoms with Crippen molar-refractivity contribution in [3.05, 3.63) is 48.2 Å². The molecular weight excluding hydrogens is 344 g/mol. The third-order valence-corrected chi connectivity index (χ3v) is 5.92. The summed E-state index contributed by atoms with van der Waals surface area (Å²) in [6.45, 7) is 8.90. The fourth-order valence-corrected chi connectivity index (χ4v) is 3.96. The maximum absolute atomic E-state index is 6.48. The van der Waals surface area contributed by atoms with E-state index in [1.165, 1.54) is 53.3 Å². The summed E-state index contributed by atoms with van der Waals surface area (Å²) in [5.74, 6) is 0.971. The molecule has 0 fully saturated rings. The molecule has 3 nitrogen and oxygen atoms in total. The van der Waals surface area contributed by atoms with Crippen LogP contribution in [-0.4, -0.2) is 15.4 Å². The van der Waals surface area contributed by atoms with Crippen LogP contribution in [0.25, 0.3) is 22.0 Å². The predicted molar refractivity (Wildman–Crippen MR) is 119 cm³/mol. The smallest absolute Gasteiger partial charge is 0.120 e. The molecule has 0 saturated carbocycles. The van der Waals surface area contributed by atoms with E-state index in [-0.39, 0.29) is 5.60 Å². The van der Waals surface area contributed by atoms with Crippen LogP contribution in [-0.2, 0) is 7.05 Å². The van der Waals surface area contributed by atoms with Crippen LogP contribution in [0.5, 0.6) is 5.75 Å². The molecule has 3 aromatic rings. The fourth-order valence-electron chi connectivity index (χ4n) is 3.96. The molecule has 1 unspecified atom stereocenters. The Morgan fingerprint density at radius 1 is 1.04 bits per heavy atom. The van der Waals surface area contributed by atoms with Gasteiger partial charge >= 0.3 is 0 Å². The number of ether oxygens (including phenoxy) is 1. The first-order valence-electron chi connectivity index (χ1n) is 10.7. The molecule has 150 valence electrons. The number of rotatable bonds is 9. The summed E-state index contributed by atoms with van der Waals surface area (Å²) < 4.78 is 8.44. The first-order chi connectivity index (χ1) is 13.5. The van der Waals surface area contributed by atoms with E-state index in [0.29, 0.717) is 0 Å². The van der Waals surface area contributed by atoms with Crippen molar-refractivity contribution in [2.75, 3.05) is 0 Å². The Balaban J connectivity index is 1.83. The second-order valence-electron chi connectivity index (χ2n) is 8.20. The van der Waals surface area contributed by atoms with E-state index in [0.717, 1.165) is 18.6 Å². The number of hydrogen-bond donors (Lipinski definition) is 0. The van der Waals surface area contributed by atoms with E-state index in [1.54, 1.807) is 0 Å². The molecule has 0 radical (unpaired) electrons. The molecule has 28 heavy (non-hydrogen) atoms. The number of nitrogens with zero attached hydrogens (tertiary/aromatic N) is 2. The Labute approximate surface area is 169 Å². The second kappa shape index (κ2) is 8.81. The summed E-state index contributed by atoms with van der Waals surface area (Å²) >= 11 is 0. The van der Waals surface area contributed by atoms with Gasteiger partial charge in [-0.2, -0.15) is 5.10 Å². The number of aryl methyl sites for hydroxylation is 2. The highest BCUT2D eigenvalue weighted by atomic mass is 16.5. The van der Waals surface area contributed by atoms with Gasteiger partial charge in [-0.25, -0.2) is 0 Å². The van der Waals surface area contributed by atoms with E-state index in [9.17, 15) is 0 Å². The lowest BCUT2D eigenvalue weighted by molar-refractivity contribution is 0.0718. The second-order valence-corrected chi connectivity index (χ2v) is 8.20. The van der Waals surface area contributed by atoms with Crippen molar-refractivity contribution in [1.82, 2.24) is 9.78 Å². The van der Waals surface area contributed by atoms with Crippen LogP contribution in [0.15, 0.2) is 42.6 Å². The van der Waals surface area contributed by atoms with Crippen LogP contribution in [0.2, 0.25) is 0 Å². The van der Waals surface area contributed by atoms with E-state index in [4.69, 9.17) is 4.74 Å². The Kier molecular flexibility index (Phi) is 6.43. The molecular formula is C25H34N2O. The Morgan fingerprint density at radius 3 is 2.57 bits per heavy atom. The SMILES string of the molecule is CCCCCCC(C)(CC)Oc1ccc(-c2cccc3cnn(C)c23)c(C)c1. The number of hydrogen-bond acceptors (Lipinski definition) is 2. The van der Waals surface area contributed by atoms with E-state index < -0.39 is 0 Å². The molecule has 1 atom stereocenters. The number of fused-ring (bicyclic) bond motifs is 1. The average Bonchev–Trinajstić information content (AvgIpc) is 3.07. The minimum absolute atomic E-state index is 0.0935. The van der Waals surface area contributed by atoms with Gasteiger partial charge in [0.15, 0.2) is 0 Å². The minimum Gasteiger partial charge on any atom is -0.488 e. The zero-order valence-electron chi connectivity index (χ0n) is 18.1. The summed E-state index contributed by atoms with van der Waals surface area (Å²) in [7, 11) is 2.00. The summed E-state index contributed by atoms with van der Waals surface area (Å²) in [6, 6.07) is 12.9. The molecule has 0 aliphatic carbocycles. The first kappa shape index (κ1) is 20.4. The topological polar surface area (TPSA) is 27.1 Å². The van der Waals surface area contributed by atoms with Crippen LogP contribution >= 0.6 is 0 Å². The Hall–Kier alpha value is -2.29. The Morgan fingerprint density at radius 2 is 1.86 bits per heavy atom. The van der Waals surface area contributed by atoms with Crippen LogP contribution in [0.3, 0.4) is 0 Å². The predicted octanol–water partition coefficient (Wildman–Crippen LogP) is 7.07. The number of benzene rings is 2. The molecule has 0 N–H and O–H groups in total. The summed E-state index contributed by atoms with van der Waals surface area (Å²) in [4.78, 5) is 0. The van der Waals surface area contributed by atoms with Gasteiger partial charge in [-0.3, -0.25) is 4.68 Å². The van der Waals surface area contributed by atoms with E-state index in [1.807, 2.05) is 17.9 Å². The average molecular weight is 379 g/mol. The third kappa shape index (κ3) is 4.40. The normalized spacial score (nSPS) is 13.6. The van der Waals surface area contributed by atoms with Crippen LogP contribution in [0.1, 0.15) is 64.9 Å². The maximum Gasteiger partial charge on any atom is 0.120 e. The molecule has 2 aromatic carbocycles. The van der Waals surface area contributed by atoms with Gasteiger partial charge in [-0.1, -0.05) is 57.4 Å². The number of unbranched alkanes of at least 4 members (excludes halogenated alkanes) is 3. The van der Waals surface area contributed by atoms with Gasteiger partial charge in [-0.05, 0) is 56.4 Å². The van der Waals surface area contributed by atoms with Crippen molar-refractivity contribution in [2.45, 2.75) is 71.8 Å². The largest absolute Gasteiger partial charge is 0.488 e. The molecule has 3 rings (SSSR count). The lowest BCUT2D eigenvalue weighted by Gasteiger charge is -2.30. The highest BCUT2D eigenvalue weighted by molar-refractivity contribution is 5.94. The quantitative estimate of drug-likeness (QED) is 0.372. The van der Waals surface area contributed by atoms with Gasteiger partial charge in [0.05, 0.1) is 11.7 Å². The van der Waals surface area contributed by atoms with Gasteiger partial charge in [0.25, 0.3) is 0 Å². The van der Waals surface area contributed by atoms with Crippen LogP contribution in [0, 0.1) is 6.92 Å². The first-order valence-corrected chi connectivity index (χ1v) is 10.7. The van der Waals surface area contributed by atoms with Crippen molar-refractivity contribution < 1.29 is 4.74 Å². The number of para-hydroxylation sites is 1. The molecule has 0 bridgehead atoms. The third-order valence-electron chi connectivity index (χ3n) is 5.92. The zero-order chi connectivity index (χ0) is 20.1. The van der Waals surface area contributed by atoms with Gasteiger partial charge in [0.1, 0.15) is 11.4 Å². The highest BCUT2D eigenvalue weighted by Crippen LogP contribution is 2.34. The molecule has 0 aliphatic heterocycles. The molecule has 1 heterocycles. The molecule has 0 aliphatic rings. The van der Waals surface area contributed by atoms with Gasteiger partial charge in [0.2, 0.25) is 0 Å². The van der Waals surface area contributed by atoms with Gasteiger partial charge in [-0.15, -0.1) is 0 Å². The van der Waals surface area contributed by atoms with Crippen LogP contribution < -0.4 is 4.74 Å². The van der Waals surface area contributed by atoms with Crippen LogP contribution in [0.4, 0.5) is 0 Å². The number of aromatic nitrogens is 2. The van der Waals surface area contributed by atoms with Crippen molar-refractivity contribution in [1.29, 1.82) is 0 Å². The standard InChI is InChI=1S/C25H34N2O/c1-6-8-9-10-16-25(4,7-2)28-21-14-15-22(19(3)17-21)23-13-11-12-20-18-26-27(5)24(20)23/h11-15,17-18H,6-10,16H2,1-5H3. The van der Waals surface area contributed by atoms with Crippen molar-refractivity contribution in [3.63, 3.8) is 0 Å². The molecule has 1 aromatic heterocycles. The monoisotopic (exact) mass is 378 g/mol. The van der Waals surface area contributed by atoms with Gasteiger partial charge < -0.3 is 4.74 Å². The molecule has 0 saturated heterocycles. The summed E-state index contributed by atoms with van der Waals surface area (Å²) in [6.07, 6.45) is 9.17. The fraction of sp³-hybridized carbons (Fsp3) is 0.480. The molecule has 3 heteroatoms. The van der Waals surface area contributed by atoms with E-state index >= 15 is 0 Å². The lowest BCUT2D eigenvalue weighted by atomic mass is 9.94. The van der Waals surface area contributed by atoms with Crippen molar-refractivity contribution >= 4 is 10.9 Å². The maximum atomic E-state index is 6.48. The van der Waals surface area contributed by atoms with E-state index in [2.05, 4.69) is 69.2 Å². The van der Waals surface area contributed by atoms with Gasteiger partial charge in [0, 0.05) is 18.0 Å². The molecule has 0 amide bonds. The summed E-state index contributed by atoms with van der Waals surface area (Å²) in [5.41, 5.74) is 4.77. The lowest BCUT2D eigenvalue weighted by Crippen LogP contribution is -2.31.